The van der Waals surface area contributed by atoms with Crippen LogP contribution in [0.3, 0.4) is 0 Å². The van der Waals surface area contributed by atoms with Gasteiger partial charge < -0.3 is 0 Å². The molecule has 4 nitrogen and oxygen atoms in total. The van der Waals surface area contributed by atoms with Crippen molar-refractivity contribution in [1.29, 1.82) is 0 Å². The maximum Gasteiger partial charge on any atom is 0.187 e. The average molecular weight is 369 g/mol. The third-order valence-electron chi connectivity index (χ3n) is 5.59. The lowest BCUT2D eigenvalue weighted by Gasteiger charge is -2.36. The molecule has 0 unspecified atom stereocenters. The molecule has 1 saturated heterocycles. The van der Waals surface area contributed by atoms with Gasteiger partial charge in [0.15, 0.2) is 5.16 Å². The highest BCUT2D eigenvalue weighted by Gasteiger charge is 2.45. The van der Waals surface area contributed by atoms with Crippen molar-refractivity contribution < 1.29 is 0 Å². The fourth-order valence-electron chi connectivity index (χ4n) is 3.90. The zero-order valence-corrected chi connectivity index (χ0v) is 16.4. The molecule has 1 aromatic heterocycles. The van der Waals surface area contributed by atoms with E-state index >= 15 is 0 Å². The second kappa shape index (κ2) is 8.07. The van der Waals surface area contributed by atoms with Crippen LogP contribution < -0.4 is 0 Å². The number of benzene rings is 1. The minimum atomic E-state index is 0.435. The molecule has 0 radical (unpaired) electrons. The van der Waals surface area contributed by atoms with Crippen LogP contribution in [0.2, 0.25) is 0 Å². The zero-order chi connectivity index (χ0) is 17.8. The number of hydrogen-bond donors (Lipinski definition) is 0. The average Bonchev–Trinajstić information content (AvgIpc) is 3.47. The van der Waals surface area contributed by atoms with E-state index in [0.29, 0.717) is 5.41 Å². The highest BCUT2D eigenvalue weighted by Crippen LogP contribution is 2.48. The summed E-state index contributed by atoms with van der Waals surface area (Å²) in [6.45, 7) is 8.92. The van der Waals surface area contributed by atoms with Crippen LogP contribution in [0, 0.1) is 0 Å². The Labute approximate surface area is 161 Å². The van der Waals surface area contributed by atoms with Crippen molar-refractivity contribution in [3.8, 4) is 0 Å². The molecule has 5 heteroatoms. The van der Waals surface area contributed by atoms with Crippen molar-refractivity contribution in [1.82, 2.24) is 19.8 Å². The van der Waals surface area contributed by atoms with E-state index < -0.39 is 0 Å². The summed E-state index contributed by atoms with van der Waals surface area (Å²) >= 11 is 1.70. The van der Waals surface area contributed by atoms with Crippen molar-refractivity contribution >= 4 is 11.8 Å². The number of nitrogens with zero attached hydrogens (tertiary/aromatic N) is 4. The summed E-state index contributed by atoms with van der Waals surface area (Å²) in [6.07, 6.45) is 6.67. The van der Waals surface area contributed by atoms with E-state index in [1.807, 2.05) is 12.4 Å². The number of aromatic nitrogens is 2. The van der Waals surface area contributed by atoms with E-state index in [9.17, 15) is 0 Å². The Bertz CT molecular complexity index is 692. The molecule has 0 bridgehead atoms. The van der Waals surface area contributed by atoms with Gasteiger partial charge in [0.25, 0.3) is 0 Å². The molecule has 0 amide bonds. The number of thioether (sulfide) groups is 1. The van der Waals surface area contributed by atoms with Crippen molar-refractivity contribution in [2.24, 2.45) is 0 Å². The van der Waals surface area contributed by atoms with E-state index in [0.717, 1.165) is 30.5 Å². The number of rotatable bonds is 7. The lowest BCUT2D eigenvalue weighted by molar-refractivity contribution is 0.118. The first-order valence-corrected chi connectivity index (χ1v) is 10.7. The summed E-state index contributed by atoms with van der Waals surface area (Å²) in [4.78, 5) is 14.1. The molecule has 4 rings (SSSR count). The van der Waals surface area contributed by atoms with Crippen molar-refractivity contribution in [3.63, 3.8) is 0 Å². The molecule has 0 spiro atoms. The highest BCUT2D eigenvalue weighted by atomic mass is 32.2. The molecular weight excluding hydrogens is 340 g/mol. The Morgan fingerprint density at radius 2 is 1.62 bits per heavy atom. The summed E-state index contributed by atoms with van der Waals surface area (Å²) in [5.74, 6) is 1.02. The standard InChI is InChI=1S/C21H28N4S/c1-2-26-20-22-14-18(15-23-20)16-24-10-12-25(13-11-24)17-21(8-9-21)19-6-4-3-5-7-19/h3-7,14-15H,2,8-13,16-17H2,1H3. The Morgan fingerprint density at radius 3 is 2.23 bits per heavy atom. The van der Waals surface area contributed by atoms with Crippen molar-refractivity contribution in [2.75, 3.05) is 38.5 Å². The predicted molar refractivity (Wildman–Crippen MR) is 108 cm³/mol. The molecule has 0 N–H and O–H groups in total. The Balaban J connectivity index is 1.27. The summed E-state index contributed by atoms with van der Waals surface area (Å²) < 4.78 is 0. The lowest BCUT2D eigenvalue weighted by atomic mass is 9.95. The molecule has 1 saturated carbocycles. The van der Waals surface area contributed by atoms with Crippen LogP contribution in [-0.4, -0.2) is 58.2 Å². The molecule has 1 aliphatic heterocycles. The van der Waals surface area contributed by atoms with Crippen LogP contribution in [0.1, 0.15) is 30.9 Å². The lowest BCUT2D eigenvalue weighted by Crippen LogP contribution is -2.48. The van der Waals surface area contributed by atoms with Crippen molar-refractivity contribution in [3.05, 3.63) is 53.9 Å². The highest BCUT2D eigenvalue weighted by molar-refractivity contribution is 7.99. The van der Waals surface area contributed by atoms with Gasteiger partial charge in [0.1, 0.15) is 0 Å². The van der Waals surface area contributed by atoms with Crippen LogP contribution in [0.4, 0.5) is 0 Å². The van der Waals surface area contributed by atoms with Gasteiger partial charge in [0, 0.05) is 62.6 Å². The summed E-state index contributed by atoms with van der Waals surface area (Å²) in [5.41, 5.74) is 3.19. The first kappa shape index (κ1) is 18.0. The summed E-state index contributed by atoms with van der Waals surface area (Å²) in [7, 11) is 0. The fraction of sp³-hybridized carbons (Fsp3) is 0.524. The van der Waals surface area contributed by atoms with Crippen LogP contribution in [0.15, 0.2) is 47.9 Å². The van der Waals surface area contributed by atoms with Crippen LogP contribution in [0.25, 0.3) is 0 Å². The van der Waals surface area contributed by atoms with E-state index in [1.165, 1.54) is 43.6 Å². The molecule has 2 fully saturated rings. The molecule has 26 heavy (non-hydrogen) atoms. The second-order valence-electron chi connectivity index (χ2n) is 7.51. The smallest absolute Gasteiger partial charge is 0.187 e. The molecule has 2 heterocycles. The first-order valence-electron chi connectivity index (χ1n) is 9.71. The van der Waals surface area contributed by atoms with Gasteiger partial charge in [-0.15, -0.1) is 0 Å². The van der Waals surface area contributed by atoms with E-state index in [4.69, 9.17) is 0 Å². The van der Waals surface area contributed by atoms with Gasteiger partial charge >= 0.3 is 0 Å². The van der Waals surface area contributed by atoms with Crippen molar-refractivity contribution in [2.45, 2.75) is 36.9 Å². The molecule has 1 aromatic carbocycles. The molecular formula is C21H28N4S. The normalized spacial score (nSPS) is 20.2. The minimum absolute atomic E-state index is 0.435. The monoisotopic (exact) mass is 368 g/mol. The Hall–Kier alpha value is -1.43. The van der Waals surface area contributed by atoms with Gasteiger partial charge in [0.05, 0.1) is 0 Å². The maximum atomic E-state index is 4.45. The predicted octanol–water partition coefficient (Wildman–Crippen LogP) is 3.44. The van der Waals surface area contributed by atoms with Crippen LogP contribution >= 0.6 is 11.8 Å². The minimum Gasteiger partial charge on any atom is -0.300 e. The zero-order valence-electron chi connectivity index (χ0n) is 15.6. The fourth-order valence-corrected chi connectivity index (χ4v) is 4.41. The SMILES string of the molecule is CCSc1ncc(CN2CCN(CC3(c4ccccc4)CC3)CC2)cn1. The molecule has 2 aliphatic rings. The van der Waals surface area contributed by atoms with Gasteiger partial charge in [0.2, 0.25) is 0 Å². The molecule has 1 aliphatic carbocycles. The van der Waals surface area contributed by atoms with E-state index in [2.05, 4.69) is 57.0 Å². The van der Waals surface area contributed by atoms with Gasteiger partial charge in [-0.1, -0.05) is 49.0 Å². The van der Waals surface area contributed by atoms with Gasteiger partial charge in [-0.3, -0.25) is 9.80 Å². The van der Waals surface area contributed by atoms with Crippen LogP contribution in [0.5, 0.6) is 0 Å². The third-order valence-corrected chi connectivity index (χ3v) is 6.35. The Kier molecular flexibility index (Phi) is 5.57. The van der Waals surface area contributed by atoms with E-state index in [1.54, 1.807) is 11.8 Å². The molecule has 138 valence electrons. The van der Waals surface area contributed by atoms with Crippen LogP contribution in [-0.2, 0) is 12.0 Å². The van der Waals surface area contributed by atoms with E-state index in [-0.39, 0.29) is 0 Å². The third kappa shape index (κ3) is 4.27. The molecule has 0 atom stereocenters. The summed E-state index contributed by atoms with van der Waals surface area (Å²) in [6, 6.07) is 11.1. The second-order valence-corrected chi connectivity index (χ2v) is 8.74. The molecule has 2 aromatic rings. The topological polar surface area (TPSA) is 32.3 Å². The van der Waals surface area contributed by atoms with Gasteiger partial charge in [-0.2, -0.15) is 0 Å². The largest absolute Gasteiger partial charge is 0.300 e. The van der Waals surface area contributed by atoms with Gasteiger partial charge in [-0.25, -0.2) is 9.97 Å². The quantitative estimate of drug-likeness (QED) is 0.552. The first-order chi connectivity index (χ1) is 12.8. The van der Waals surface area contributed by atoms with Gasteiger partial charge in [-0.05, 0) is 24.2 Å². The number of piperazine rings is 1. The summed E-state index contributed by atoms with van der Waals surface area (Å²) in [5, 5.41) is 0.886. The number of hydrogen-bond acceptors (Lipinski definition) is 5. The maximum absolute atomic E-state index is 4.45. The Morgan fingerprint density at radius 1 is 0.962 bits per heavy atom.